The zero-order chi connectivity index (χ0) is 25.9. The molecule has 0 aliphatic rings. The van der Waals surface area contributed by atoms with Crippen LogP contribution < -0.4 is 5.32 Å². The Morgan fingerprint density at radius 2 is 1.63 bits per heavy atom. The molecule has 5 nitrogen and oxygen atoms in total. The van der Waals surface area contributed by atoms with Gasteiger partial charge in [-0.25, -0.2) is 12.8 Å². The molecule has 0 radical (unpaired) electrons. The lowest BCUT2D eigenvalue weighted by atomic mass is 9.96. The number of hydrogen-bond donors (Lipinski definition) is 1. The molecule has 1 amide bonds. The van der Waals surface area contributed by atoms with E-state index < -0.39 is 28.3 Å². The van der Waals surface area contributed by atoms with Crippen molar-refractivity contribution >= 4 is 27.5 Å². The van der Waals surface area contributed by atoms with Crippen molar-refractivity contribution in [1.82, 2.24) is 9.62 Å². The molecule has 186 valence electrons. The number of carbonyl (C=O) groups excluding carboxylic acids is 1. The SMILES string of the molecule is Cc1ccc(S(=O)(=O)N(CC(=O)N[C@@H](C)c2cc(C)c(C)cc2C)Cc2c(F)cccc2Cl)cc1. The maximum atomic E-state index is 14.5. The molecule has 3 aromatic carbocycles. The molecule has 0 bridgehead atoms. The van der Waals surface area contributed by atoms with Crippen LogP contribution in [0.2, 0.25) is 5.02 Å². The van der Waals surface area contributed by atoms with Crippen molar-refractivity contribution in [3.8, 4) is 0 Å². The van der Waals surface area contributed by atoms with E-state index in [1.165, 1.54) is 30.3 Å². The topological polar surface area (TPSA) is 66.5 Å². The van der Waals surface area contributed by atoms with Crippen LogP contribution in [-0.2, 0) is 21.4 Å². The van der Waals surface area contributed by atoms with Crippen molar-refractivity contribution in [3.05, 3.63) is 98.8 Å². The molecule has 0 heterocycles. The Labute approximate surface area is 212 Å². The van der Waals surface area contributed by atoms with Crippen molar-refractivity contribution in [1.29, 1.82) is 0 Å². The largest absolute Gasteiger partial charge is 0.348 e. The van der Waals surface area contributed by atoms with Crippen LogP contribution in [0.25, 0.3) is 0 Å². The monoisotopic (exact) mass is 516 g/mol. The molecule has 35 heavy (non-hydrogen) atoms. The smallest absolute Gasteiger partial charge is 0.243 e. The summed E-state index contributed by atoms with van der Waals surface area (Å²) >= 11 is 6.17. The summed E-state index contributed by atoms with van der Waals surface area (Å²) in [4.78, 5) is 13.1. The second-order valence-electron chi connectivity index (χ2n) is 8.87. The van der Waals surface area contributed by atoms with Crippen LogP contribution in [0, 0.1) is 33.5 Å². The number of amides is 1. The second-order valence-corrected chi connectivity index (χ2v) is 11.2. The van der Waals surface area contributed by atoms with Gasteiger partial charge in [-0.2, -0.15) is 4.31 Å². The first-order valence-corrected chi connectivity index (χ1v) is 13.1. The Morgan fingerprint density at radius 3 is 2.26 bits per heavy atom. The van der Waals surface area contributed by atoms with Crippen LogP contribution in [0.15, 0.2) is 59.5 Å². The first-order valence-electron chi connectivity index (χ1n) is 11.3. The van der Waals surface area contributed by atoms with Gasteiger partial charge in [0.25, 0.3) is 0 Å². The van der Waals surface area contributed by atoms with Crippen molar-refractivity contribution in [2.45, 2.75) is 52.1 Å². The van der Waals surface area contributed by atoms with Gasteiger partial charge >= 0.3 is 0 Å². The minimum Gasteiger partial charge on any atom is -0.348 e. The maximum Gasteiger partial charge on any atom is 0.243 e. The number of benzene rings is 3. The summed E-state index contributed by atoms with van der Waals surface area (Å²) in [5, 5.41) is 2.98. The summed E-state index contributed by atoms with van der Waals surface area (Å²) in [6.45, 7) is 8.82. The highest BCUT2D eigenvalue weighted by Crippen LogP contribution is 2.26. The summed E-state index contributed by atoms with van der Waals surface area (Å²) in [6, 6.07) is 14.2. The van der Waals surface area contributed by atoms with Gasteiger partial charge in [-0.1, -0.05) is 47.5 Å². The minimum atomic E-state index is -4.12. The summed E-state index contributed by atoms with van der Waals surface area (Å²) in [6.07, 6.45) is 0. The van der Waals surface area contributed by atoms with Crippen molar-refractivity contribution in [3.63, 3.8) is 0 Å². The van der Waals surface area contributed by atoms with E-state index in [2.05, 4.69) is 11.4 Å². The molecule has 1 N–H and O–H groups in total. The third-order valence-electron chi connectivity index (χ3n) is 6.10. The summed E-state index contributed by atoms with van der Waals surface area (Å²) < 4.78 is 42.4. The normalized spacial score (nSPS) is 12.6. The molecule has 0 saturated carbocycles. The second kappa shape index (κ2) is 10.9. The van der Waals surface area contributed by atoms with Crippen molar-refractivity contribution in [2.75, 3.05) is 6.54 Å². The van der Waals surface area contributed by atoms with Gasteiger partial charge in [0.2, 0.25) is 15.9 Å². The van der Waals surface area contributed by atoms with E-state index >= 15 is 0 Å². The Hall–Kier alpha value is -2.74. The molecule has 0 spiro atoms. The minimum absolute atomic E-state index is 0.00991. The number of nitrogens with zero attached hydrogens (tertiary/aromatic N) is 1. The van der Waals surface area contributed by atoms with E-state index in [1.54, 1.807) is 12.1 Å². The highest BCUT2D eigenvalue weighted by Gasteiger charge is 2.29. The fourth-order valence-corrected chi connectivity index (χ4v) is 5.51. The van der Waals surface area contributed by atoms with E-state index in [0.717, 1.165) is 32.1 Å². The predicted octanol–water partition coefficient (Wildman–Crippen LogP) is 5.78. The van der Waals surface area contributed by atoms with Gasteiger partial charge in [-0.3, -0.25) is 4.79 Å². The Balaban J connectivity index is 1.91. The van der Waals surface area contributed by atoms with Gasteiger partial charge in [0.1, 0.15) is 5.82 Å². The lowest BCUT2D eigenvalue weighted by molar-refractivity contribution is -0.122. The molecule has 3 aromatic rings. The standard InChI is InChI=1S/C27H30ClFN2O3S/c1-17-9-11-22(12-10-17)35(33,34)31(15-24-25(28)7-6-8-26(24)29)16-27(32)30-21(5)23-14-19(3)18(2)13-20(23)4/h6-14,21H,15-16H2,1-5H3,(H,30,32)/t21-/m0/s1. The number of carbonyl (C=O) groups is 1. The Kier molecular flexibility index (Phi) is 8.36. The van der Waals surface area contributed by atoms with Gasteiger partial charge in [-0.05, 0) is 81.1 Å². The van der Waals surface area contributed by atoms with Crippen LogP contribution in [0.3, 0.4) is 0 Å². The van der Waals surface area contributed by atoms with Crippen LogP contribution in [-0.4, -0.2) is 25.2 Å². The van der Waals surface area contributed by atoms with Gasteiger partial charge in [0, 0.05) is 17.1 Å². The van der Waals surface area contributed by atoms with Crippen molar-refractivity contribution in [2.24, 2.45) is 0 Å². The molecule has 0 fully saturated rings. The number of rotatable bonds is 8. The van der Waals surface area contributed by atoms with Crippen molar-refractivity contribution < 1.29 is 17.6 Å². The maximum absolute atomic E-state index is 14.5. The first kappa shape index (κ1) is 26.9. The average Bonchev–Trinajstić information content (AvgIpc) is 2.78. The fraction of sp³-hybridized carbons (Fsp3) is 0.296. The quantitative estimate of drug-likeness (QED) is 0.412. The van der Waals surface area contributed by atoms with Crippen LogP contribution in [0.4, 0.5) is 4.39 Å². The first-order chi connectivity index (χ1) is 16.4. The lowest BCUT2D eigenvalue weighted by Gasteiger charge is -2.24. The van der Waals surface area contributed by atoms with Gasteiger partial charge in [0.05, 0.1) is 17.5 Å². The summed E-state index contributed by atoms with van der Waals surface area (Å²) in [7, 11) is -4.12. The Bertz CT molecular complexity index is 1320. The number of hydrogen-bond acceptors (Lipinski definition) is 3. The highest BCUT2D eigenvalue weighted by atomic mass is 35.5. The van der Waals surface area contributed by atoms with E-state index in [0.29, 0.717) is 0 Å². The molecule has 0 aromatic heterocycles. The zero-order valence-electron chi connectivity index (χ0n) is 20.5. The third-order valence-corrected chi connectivity index (χ3v) is 8.26. The molecule has 3 rings (SSSR count). The number of nitrogens with one attached hydrogen (secondary N) is 1. The number of halogens is 2. The molecular weight excluding hydrogens is 487 g/mol. The molecule has 8 heteroatoms. The van der Waals surface area contributed by atoms with E-state index in [-0.39, 0.29) is 28.1 Å². The molecule has 0 aliphatic carbocycles. The zero-order valence-corrected chi connectivity index (χ0v) is 22.1. The van der Waals surface area contributed by atoms with E-state index in [9.17, 15) is 17.6 Å². The Morgan fingerprint density at radius 1 is 1.00 bits per heavy atom. The van der Waals surface area contributed by atoms with E-state index in [1.807, 2.05) is 40.7 Å². The van der Waals surface area contributed by atoms with Gasteiger partial charge in [0.15, 0.2) is 0 Å². The molecule has 1 atom stereocenters. The average molecular weight is 517 g/mol. The van der Waals surface area contributed by atoms with Crippen LogP contribution in [0.5, 0.6) is 0 Å². The van der Waals surface area contributed by atoms with Crippen LogP contribution in [0.1, 0.15) is 46.3 Å². The predicted molar refractivity (Wildman–Crippen MR) is 137 cm³/mol. The lowest BCUT2D eigenvalue weighted by Crippen LogP contribution is -2.41. The summed E-state index contributed by atoms with van der Waals surface area (Å²) in [5.41, 5.74) is 5.14. The molecule has 0 aliphatic heterocycles. The van der Waals surface area contributed by atoms with E-state index in [4.69, 9.17) is 11.6 Å². The third kappa shape index (κ3) is 6.28. The van der Waals surface area contributed by atoms with Crippen LogP contribution >= 0.6 is 11.6 Å². The molecule has 0 saturated heterocycles. The van der Waals surface area contributed by atoms with Gasteiger partial charge in [-0.15, -0.1) is 0 Å². The number of aryl methyl sites for hydroxylation is 4. The highest BCUT2D eigenvalue weighted by molar-refractivity contribution is 7.89. The molecule has 0 unspecified atom stereocenters. The van der Waals surface area contributed by atoms with Gasteiger partial charge < -0.3 is 5.32 Å². The summed E-state index contributed by atoms with van der Waals surface area (Å²) in [5.74, 6) is -1.14. The fourth-order valence-electron chi connectivity index (χ4n) is 3.92. The number of sulfonamides is 1. The molecular formula is C27H30ClFN2O3S.